The molecule has 1 amide bonds. The summed E-state index contributed by atoms with van der Waals surface area (Å²) < 4.78 is 5.20. The average molecular weight is 325 g/mol. The summed E-state index contributed by atoms with van der Waals surface area (Å²) in [5.74, 6) is 1.56. The zero-order valence-electron chi connectivity index (χ0n) is 13.2. The quantitative estimate of drug-likeness (QED) is 0.905. The van der Waals surface area contributed by atoms with Gasteiger partial charge in [0.05, 0.1) is 13.7 Å². The van der Waals surface area contributed by atoms with Crippen LogP contribution < -0.4 is 10.1 Å². The third-order valence-electron chi connectivity index (χ3n) is 4.60. The van der Waals surface area contributed by atoms with E-state index in [1.807, 2.05) is 17.0 Å². The number of benzene rings is 1. The first-order valence-electron chi connectivity index (χ1n) is 7.84. The van der Waals surface area contributed by atoms with E-state index in [1.165, 1.54) is 18.4 Å². The minimum absolute atomic E-state index is 0. The second-order valence-corrected chi connectivity index (χ2v) is 6.26. The van der Waals surface area contributed by atoms with Crippen LogP contribution in [0, 0.1) is 0 Å². The highest BCUT2D eigenvalue weighted by Gasteiger charge is 2.33. The second kappa shape index (κ2) is 7.34. The van der Waals surface area contributed by atoms with Gasteiger partial charge in [-0.3, -0.25) is 4.79 Å². The highest BCUT2D eigenvalue weighted by atomic mass is 35.5. The zero-order valence-corrected chi connectivity index (χ0v) is 14.1. The molecule has 1 aromatic rings. The van der Waals surface area contributed by atoms with E-state index >= 15 is 0 Å². The van der Waals surface area contributed by atoms with Gasteiger partial charge in [-0.25, -0.2) is 0 Å². The fourth-order valence-electron chi connectivity index (χ4n) is 3.12. The molecule has 0 radical (unpaired) electrons. The van der Waals surface area contributed by atoms with Crippen molar-refractivity contribution in [3.05, 3.63) is 29.8 Å². The largest absolute Gasteiger partial charge is 0.497 e. The van der Waals surface area contributed by atoms with Crippen molar-refractivity contribution in [3.8, 4) is 5.75 Å². The van der Waals surface area contributed by atoms with Gasteiger partial charge in [0.1, 0.15) is 5.75 Å². The van der Waals surface area contributed by atoms with Crippen LogP contribution in [0.15, 0.2) is 24.3 Å². The summed E-state index contributed by atoms with van der Waals surface area (Å²) in [6, 6.07) is 9.15. The smallest absolute Gasteiger partial charge is 0.236 e. The first-order chi connectivity index (χ1) is 10.2. The minimum atomic E-state index is 0. The molecule has 22 heavy (non-hydrogen) atoms. The first kappa shape index (κ1) is 17.1. The lowest BCUT2D eigenvalue weighted by molar-refractivity contribution is -0.130. The van der Waals surface area contributed by atoms with Crippen LogP contribution >= 0.6 is 12.4 Å². The van der Waals surface area contributed by atoms with Gasteiger partial charge in [-0.05, 0) is 43.9 Å². The molecule has 3 rings (SSSR count). The van der Waals surface area contributed by atoms with Gasteiger partial charge >= 0.3 is 0 Å². The summed E-state index contributed by atoms with van der Waals surface area (Å²) in [6.45, 7) is 3.47. The van der Waals surface area contributed by atoms with Gasteiger partial charge in [-0.2, -0.15) is 0 Å². The van der Waals surface area contributed by atoms with E-state index in [0.29, 0.717) is 24.5 Å². The van der Waals surface area contributed by atoms with Gasteiger partial charge in [0.2, 0.25) is 5.91 Å². The van der Waals surface area contributed by atoms with E-state index in [-0.39, 0.29) is 18.3 Å². The van der Waals surface area contributed by atoms with Crippen molar-refractivity contribution in [3.63, 3.8) is 0 Å². The number of hydrogen-bond acceptors (Lipinski definition) is 3. The molecule has 1 aliphatic carbocycles. The maximum atomic E-state index is 12.3. The Labute approximate surface area is 138 Å². The maximum Gasteiger partial charge on any atom is 0.236 e. The van der Waals surface area contributed by atoms with E-state index in [9.17, 15) is 4.79 Å². The Morgan fingerprint density at radius 2 is 2.00 bits per heavy atom. The summed E-state index contributed by atoms with van der Waals surface area (Å²) in [5.41, 5.74) is 1.30. The van der Waals surface area contributed by atoms with Crippen molar-refractivity contribution in [1.82, 2.24) is 10.2 Å². The van der Waals surface area contributed by atoms with E-state index in [0.717, 1.165) is 18.7 Å². The Balaban J connectivity index is 0.00000176. The van der Waals surface area contributed by atoms with Gasteiger partial charge in [0, 0.05) is 24.5 Å². The molecule has 1 saturated carbocycles. The standard InChI is InChI=1S/C17H24N2O2.ClH/c1-12-9-14(13-3-7-16(21-2)8-4-13)11-19(12)17(20)10-18-15-5-6-15;/h3-4,7-8,12,14-15,18H,5-6,9-11H2,1-2H3;1H. The zero-order chi connectivity index (χ0) is 14.8. The van der Waals surface area contributed by atoms with Gasteiger partial charge in [-0.1, -0.05) is 12.1 Å². The number of hydrogen-bond donors (Lipinski definition) is 1. The van der Waals surface area contributed by atoms with Crippen LogP contribution in [0.25, 0.3) is 0 Å². The van der Waals surface area contributed by atoms with Crippen molar-refractivity contribution in [1.29, 1.82) is 0 Å². The molecule has 122 valence electrons. The van der Waals surface area contributed by atoms with E-state index in [1.54, 1.807) is 7.11 Å². The van der Waals surface area contributed by atoms with Crippen molar-refractivity contribution in [2.45, 2.75) is 44.2 Å². The Morgan fingerprint density at radius 3 is 2.59 bits per heavy atom. The Kier molecular flexibility index (Phi) is 5.70. The first-order valence-corrected chi connectivity index (χ1v) is 7.84. The van der Waals surface area contributed by atoms with Crippen molar-refractivity contribution in [2.24, 2.45) is 0 Å². The van der Waals surface area contributed by atoms with Gasteiger partial charge in [0.15, 0.2) is 0 Å². The van der Waals surface area contributed by atoms with Crippen molar-refractivity contribution >= 4 is 18.3 Å². The number of halogens is 1. The molecule has 5 heteroatoms. The third-order valence-corrected chi connectivity index (χ3v) is 4.60. The Bertz CT molecular complexity index is 502. The number of carbonyl (C=O) groups excluding carboxylic acids is 1. The average Bonchev–Trinajstić information content (AvgIpc) is 3.26. The molecule has 1 N–H and O–H groups in total. The van der Waals surface area contributed by atoms with Crippen LogP contribution in [0.4, 0.5) is 0 Å². The summed E-state index contributed by atoms with van der Waals surface area (Å²) >= 11 is 0. The number of likely N-dealkylation sites (tertiary alicyclic amines) is 1. The van der Waals surface area contributed by atoms with Crippen LogP contribution in [0.5, 0.6) is 5.75 Å². The normalized spacial score (nSPS) is 24.0. The van der Waals surface area contributed by atoms with E-state index < -0.39 is 0 Å². The fourth-order valence-corrected chi connectivity index (χ4v) is 3.12. The fraction of sp³-hybridized carbons (Fsp3) is 0.588. The van der Waals surface area contributed by atoms with Crippen LogP contribution in [0.2, 0.25) is 0 Å². The molecule has 1 saturated heterocycles. The van der Waals surface area contributed by atoms with Gasteiger partial charge < -0.3 is 15.0 Å². The number of amides is 1. The van der Waals surface area contributed by atoms with E-state index in [2.05, 4.69) is 24.4 Å². The van der Waals surface area contributed by atoms with Crippen LogP contribution in [0.3, 0.4) is 0 Å². The molecule has 1 heterocycles. The number of carbonyl (C=O) groups is 1. The Hall–Kier alpha value is -1.26. The molecule has 0 bridgehead atoms. The molecular formula is C17H25ClN2O2. The molecule has 2 atom stereocenters. The van der Waals surface area contributed by atoms with Gasteiger partial charge in [-0.15, -0.1) is 12.4 Å². The van der Waals surface area contributed by atoms with Gasteiger partial charge in [0.25, 0.3) is 0 Å². The molecule has 2 aliphatic rings. The maximum absolute atomic E-state index is 12.3. The van der Waals surface area contributed by atoms with Crippen molar-refractivity contribution < 1.29 is 9.53 Å². The number of rotatable bonds is 5. The molecule has 0 spiro atoms. The minimum Gasteiger partial charge on any atom is -0.497 e. The number of nitrogens with zero attached hydrogens (tertiary/aromatic N) is 1. The molecule has 1 aliphatic heterocycles. The highest BCUT2D eigenvalue weighted by molar-refractivity contribution is 5.85. The van der Waals surface area contributed by atoms with E-state index in [4.69, 9.17) is 4.74 Å². The predicted octanol–water partition coefficient (Wildman–Crippen LogP) is 2.57. The molecule has 2 unspecified atom stereocenters. The SMILES string of the molecule is COc1ccc(C2CC(C)N(C(=O)CNC3CC3)C2)cc1.Cl. The summed E-state index contributed by atoms with van der Waals surface area (Å²) in [6.07, 6.45) is 3.48. The summed E-state index contributed by atoms with van der Waals surface area (Å²) in [5, 5.41) is 3.32. The molecule has 1 aromatic carbocycles. The summed E-state index contributed by atoms with van der Waals surface area (Å²) in [7, 11) is 1.68. The molecule has 2 fully saturated rings. The number of ether oxygens (including phenoxy) is 1. The lowest BCUT2D eigenvalue weighted by Gasteiger charge is -2.21. The lowest BCUT2D eigenvalue weighted by atomic mass is 9.97. The Morgan fingerprint density at radius 1 is 1.32 bits per heavy atom. The lowest BCUT2D eigenvalue weighted by Crippen LogP contribution is -2.40. The highest BCUT2D eigenvalue weighted by Crippen LogP contribution is 2.32. The monoisotopic (exact) mass is 324 g/mol. The number of methoxy groups -OCH3 is 1. The topological polar surface area (TPSA) is 41.6 Å². The molecule has 4 nitrogen and oxygen atoms in total. The third kappa shape index (κ3) is 3.93. The van der Waals surface area contributed by atoms with Crippen LogP contribution in [0.1, 0.15) is 37.7 Å². The van der Waals surface area contributed by atoms with Crippen LogP contribution in [-0.4, -0.2) is 43.1 Å². The van der Waals surface area contributed by atoms with Crippen molar-refractivity contribution in [2.75, 3.05) is 20.2 Å². The molecular weight excluding hydrogens is 300 g/mol. The van der Waals surface area contributed by atoms with Crippen LogP contribution in [-0.2, 0) is 4.79 Å². The predicted molar refractivity (Wildman–Crippen MR) is 89.8 cm³/mol. The summed E-state index contributed by atoms with van der Waals surface area (Å²) in [4.78, 5) is 14.3. The second-order valence-electron chi connectivity index (χ2n) is 6.26. The molecule has 0 aromatic heterocycles. The number of nitrogens with one attached hydrogen (secondary N) is 1.